The molecule has 2 rings (SSSR count). The van der Waals surface area contributed by atoms with Gasteiger partial charge in [-0.3, -0.25) is 4.68 Å². The number of carbonyl (C=O) groups excluding carboxylic acids is 1. The Kier molecular flexibility index (Phi) is 5.48. The summed E-state index contributed by atoms with van der Waals surface area (Å²) in [6.07, 6.45) is 1.28. The second-order valence-corrected chi connectivity index (χ2v) is 5.19. The highest BCUT2D eigenvalue weighted by Gasteiger charge is 2.14. The third kappa shape index (κ3) is 4.56. The highest BCUT2D eigenvalue weighted by atomic mass is 16.3. The van der Waals surface area contributed by atoms with Gasteiger partial charge in [-0.2, -0.15) is 5.10 Å². The minimum atomic E-state index is -0.602. The summed E-state index contributed by atoms with van der Waals surface area (Å²) >= 11 is 0. The van der Waals surface area contributed by atoms with Crippen LogP contribution < -0.4 is 10.6 Å². The van der Waals surface area contributed by atoms with Gasteiger partial charge in [-0.05, 0) is 18.9 Å². The molecule has 0 spiro atoms. The van der Waals surface area contributed by atoms with Gasteiger partial charge in [0.1, 0.15) is 12.2 Å². The minimum Gasteiger partial charge on any atom is -0.388 e. The van der Waals surface area contributed by atoms with Crippen molar-refractivity contribution >= 4 is 6.03 Å². The molecule has 0 aliphatic heterocycles. The van der Waals surface area contributed by atoms with Crippen molar-refractivity contribution < 1.29 is 9.90 Å². The molecule has 2 atom stereocenters. The highest BCUT2D eigenvalue weighted by Crippen LogP contribution is 2.17. The monoisotopic (exact) mass is 303 g/mol. The summed E-state index contributed by atoms with van der Waals surface area (Å²) in [5.41, 5.74) is 0.843. The Hall–Kier alpha value is -2.41. The Morgan fingerprint density at radius 3 is 2.73 bits per heavy atom. The number of aryl methyl sites for hydroxylation is 1. The van der Waals surface area contributed by atoms with Gasteiger partial charge in [-0.15, -0.1) is 0 Å². The van der Waals surface area contributed by atoms with Crippen LogP contribution in [-0.2, 0) is 13.6 Å². The van der Waals surface area contributed by atoms with E-state index in [-0.39, 0.29) is 12.1 Å². The molecule has 1 aromatic carbocycles. The number of nitrogens with zero attached hydrogens (tertiary/aromatic N) is 3. The van der Waals surface area contributed by atoms with Crippen LogP contribution in [0.5, 0.6) is 0 Å². The fourth-order valence-electron chi connectivity index (χ4n) is 2.12. The SMILES string of the molecule is CC(CC(O)c1ccccc1)NC(=O)NCc1ncnn1C. The molecule has 0 aliphatic rings. The molecule has 118 valence electrons. The second kappa shape index (κ2) is 7.56. The van der Waals surface area contributed by atoms with Crippen molar-refractivity contribution in [2.24, 2.45) is 7.05 Å². The van der Waals surface area contributed by atoms with Crippen molar-refractivity contribution in [3.8, 4) is 0 Å². The first-order valence-corrected chi connectivity index (χ1v) is 7.16. The maximum Gasteiger partial charge on any atom is 0.315 e. The fraction of sp³-hybridized carbons (Fsp3) is 0.400. The molecule has 3 N–H and O–H groups in total. The summed E-state index contributed by atoms with van der Waals surface area (Å²) in [6.45, 7) is 2.16. The standard InChI is InChI=1S/C15H21N5O2/c1-11(8-13(21)12-6-4-3-5-7-12)19-15(22)16-9-14-17-10-18-20(14)2/h3-7,10-11,13,21H,8-9H2,1-2H3,(H2,16,19,22). The number of aromatic nitrogens is 3. The topological polar surface area (TPSA) is 92.1 Å². The van der Waals surface area contributed by atoms with Crippen LogP contribution in [0.4, 0.5) is 4.79 Å². The van der Waals surface area contributed by atoms with Crippen LogP contribution in [0, 0.1) is 0 Å². The van der Waals surface area contributed by atoms with E-state index in [9.17, 15) is 9.90 Å². The van der Waals surface area contributed by atoms with Crippen molar-refractivity contribution in [3.05, 3.63) is 48.0 Å². The van der Waals surface area contributed by atoms with Gasteiger partial charge in [0.25, 0.3) is 0 Å². The van der Waals surface area contributed by atoms with Gasteiger partial charge < -0.3 is 15.7 Å². The maximum absolute atomic E-state index is 11.8. The van der Waals surface area contributed by atoms with Crippen molar-refractivity contribution in [3.63, 3.8) is 0 Å². The van der Waals surface area contributed by atoms with Gasteiger partial charge in [0.05, 0.1) is 12.6 Å². The first kappa shape index (κ1) is 16.0. The Morgan fingerprint density at radius 1 is 1.36 bits per heavy atom. The van der Waals surface area contributed by atoms with Gasteiger partial charge in [-0.1, -0.05) is 30.3 Å². The van der Waals surface area contributed by atoms with Crippen LogP contribution in [0.3, 0.4) is 0 Å². The third-order valence-electron chi connectivity index (χ3n) is 3.35. The second-order valence-electron chi connectivity index (χ2n) is 5.19. The molecule has 0 bridgehead atoms. The number of carbonyl (C=O) groups is 1. The van der Waals surface area contributed by atoms with Crippen LogP contribution in [-0.4, -0.2) is 31.9 Å². The molecule has 2 amide bonds. The highest BCUT2D eigenvalue weighted by molar-refractivity contribution is 5.74. The molecular formula is C15H21N5O2. The van der Waals surface area contributed by atoms with Crippen molar-refractivity contribution in [1.82, 2.24) is 25.4 Å². The molecule has 22 heavy (non-hydrogen) atoms. The first-order valence-electron chi connectivity index (χ1n) is 7.16. The van der Waals surface area contributed by atoms with E-state index < -0.39 is 6.10 Å². The molecule has 7 heteroatoms. The Morgan fingerprint density at radius 2 is 2.09 bits per heavy atom. The third-order valence-corrected chi connectivity index (χ3v) is 3.35. The van der Waals surface area contributed by atoms with Gasteiger partial charge >= 0.3 is 6.03 Å². The van der Waals surface area contributed by atoms with Crippen LogP contribution in [0.2, 0.25) is 0 Å². The van der Waals surface area contributed by atoms with E-state index in [1.807, 2.05) is 37.3 Å². The van der Waals surface area contributed by atoms with Crippen molar-refractivity contribution in [1.29, 1.82) is 0 Å². The first-order chi connectivity index (χ1) is 10.6. The summed E-state index contributed by atoms with van der Waals surface area (Å²) in [7, 11) is 1.76. The molecule has 0 fully saturated rings. The van der Waals surface area contributed by atoms with Gasteiger partial charge in [-0.25, -0.2) is 9.78 Å². The maximum atomic E-state index is 11.8. The number of nitrogens with one attached hydrogen (secondary N) is 2. The zero-order valence-corrected chi connectivity index (χ0v) is 12.7. The number of amides is 2. The molecule has 0 aliphatic carbocycles. The fourth-order valence-corrected chi connectivity index (χ4v) is 2.12. The van der Waals surface area contributed by atoms with Crippen LogP contribution >= 0.6 is 0 Å². The lowest BCUT2D eigenvalue weighted by molar-refractivity contribution is 0.154. The summed E-state index contributed by atoms with van der Waals surface area (Å²) < 4.78 is 1.60. The predicted octanol–water partition coefficient (Wildman–Crippen LogP) is 1.13. The van der Waals surface area contributed by atoms with Gasteiger partial charge in [0.2, 0.25) is 0 Å². The van der Waals surface area contributed by atoms with E-state index in [1.165, 1.54) is 6.33 Å². The van der Waals surface area contributed by atoms with Gasteiger partial charge in [0, 0.05) is 13.1 Å². The predicted molar refractivity (Wildman–Crippen MR) is 81.9 cm³/mol. The molecule has 2 aromatic rings. The van der Waals surface area contributed by atoms with E-state index in [0.717, 1.165) is 5.56 Å². The molecule has 1 heterocycles. The van der Waals surface area contributed by atoms with Crippen LogP contribution in [0.15, 0.2) is 36.7 Å². The average Bonchev–Trinajstić information content (AvgIpc) is 2.91. The molecular weight excluding hydrogens is 282 g/mol. The molecule has 7 nitrogen and oxygen atoms in total. The lowest BCUT2D eigenvalue weighted by Gasteiger charge is -2.18. The average molecular weight is 303 g/mol. The number of rotatable bonds is 6. The summed E-state index contributed by atoms with van der Waals surface area (Å²) in [5, 5.41) is 19.6. The number of benzene rings is 1. The summed E-state index contributed by atoms with van der Waals surface area (Å²) in [5.74, 6) is 0.673. The zero-order chi connectivity index (χ0) is 15.9. The number of urea groups is 1. The number of hydrogen-bond acceptors (Lipinski definition) is 4. The van der Waals surface area contributed by atoms with Crippen molar-refractivity contribution in [2.75, 3.05) is 0 Å². The number of aliphatic hydroxyl groups excluding tert-OH is 1. The Bertz CT molecular complexity index is 599. The lowest BCUT2D eigenvalue weighted by atomic mass is 10.0. The van der Waals surface area contributed by atoms with E-state index in [4.69, 9.17) is 0 Å². The largest absolute Gasteiger partial charge is 0.388 e. The minimum absolute atomic E-state index is 0.158. The number of aliphatic hydroxyl groups is 1. The van der Waals surface area contributed by atoms with Crippen LogP contribution in [0.25, 0.3) is 0 Å². The van der Waals surface area contributed by atoms with Crippen molar-refractivity contribution in [2.45, 2.75) is 32.0 Å². The Labute approximate surface area is 129 Å². The molecule has 0 radical (unpaired) electrons. The quantitative estimate of drug-likeness (QED) is 0.746. The molecule has 2 unspecified atom stereocenters. The normalized spacial score (nSPS) is 13.4. The zero-order valence-electron chi connectivity index (χ0n) is 12.7. The summed E-state index contributed by atoms with van der Waals surface area (Å²) in [4.78, 5) is 15.8. The Balaban J connectivity index is 1.75. The summed E-state index contributed by atoms with van der Waals surface area (Å²) in [6, 6.07) is 8.94. The van der Waals surface area contributed by atoms with E-state index in [0.29, 0.717) is 18.8 Å². The van der Waals surface area contributed by atoms with Gasteiger partial charge in [0.15, 0.2) is 0 Å². The smallest absolute Gasteiger partial charge is 0.315 e. The van der Waals surface area contributed by atoms with E-state index >= 15 is 0 Å². The number of hydrogen-bond donors (Lipinski definition) is 3. The van der Waals surface area contributed by atoms with E-state index in [1.54, 1.807) is 11.7 Å². The molecule has 0 saturated carbocycles. The molecule has 1 aromatic heterocycles. The van der Waals surface area contributed by atoms with E-state index in [2.05, 4.69) is 20.7 Å². The molecule has 0 saturated heterocycles. The van der Waals surface area contributed by atoms with Crippen LogP contribution in [0.1, 0.15) is 30.8 Å². The lowest BCUT2D eigenvalue weighted by Crippen LogP contribution is -2.41.